The molecule has 0 saturated heterocycles. The van der Waals surface area contributed by atoms with Gasteiger partial charge in [-0.3, -0.25) is 14.8 Å². The number of nitrogens with zero attached hydrogens (tertiary/aromatic N) is 5. The highest BCUT2D eigenvalue weighted by Gasteiger charge is 2.34. The Bertz CT molecular complexity index is 1800. The summed E-state index contributed by atoms with van der Waals surface area (Å²) in [6.45, 7) is 2.34. The molecular formula is C33H33F3N8O3. The van der Waals surface area contributed by atoms with Crippen molar-refractivity contribution in [2.24, 2.45) is 0 Å². The zero-order chi connectivity index (χ0) is 33.4. The molecule has 0 fully saturated rings. The molecule has 0 aliphatic carbocycles. The SMILES string of the molecule is CCCCc1ncc(C(=O)N[C@@H](CC(=O)NO)Cc2ccccc2C(F)(F)F)n1Cc1ccc(-c2ccccc2-c2nn[nH]n2)cc1. The zero-order valence-corrected chi connectivity index (χ0v) is 25.5. The molecule has 5 aromatic rings. The number of hydrogen-bond donors (Lipinski definition) is 4. The van der Waals surface area contributed by atoms with Crippen molar-refractivity contribution in [1.82, 2.24) is 41.0 Å². The molecule has 11 nitrogen and oxygen atoms in total. The van der Waals surface area contributed by atoms with Crippen LogP contribution in [0.3, 0.4) is 0 Å². The number of hydrogen-bond acceptors (Lipinski definition) is 7. The first-order valence-electron chi connectivity index (χ1n) is 15.0. The van der Waals surface area contributed by atoms with Crippen LogP contribution >= 0.6 is 0 Å². The first-order chi connectivity index (χ1) is 22.7. The maximum Gasteiger partial charge on any atom is 0.416 e. The van der Waals surface area contributed by atoms with E-state index in [1.54, 1.807) is 4.57 Å². The van der Waals surface area contributed by atoms with E-state index in [0.717, 1.165) is 41.2 Å². The van der Waals surface area contributed by atoms with Crippen LogP contribution in [0.4, 0.5) is 13.2 Å². The van der Waals surface area contributed by atoms with Gasteiger partial charge in [-0.25, -0.2) is 10.5 Å². The minimum atomic E-state index is -4.62. The third-order valence-corrected chi connectivity index (χ3v) is 7.72. The molecule has 0 aliphatic rings. The number of aryl methyl sites for hydroxylation is 1. The van der Waals surface area contributed by atoms with Gasteiger partial charge in [0.05, 0.1) is 11.8 Å². The molecule has 0 saturated carbocycles. The Balaban J connectivity index is 1.41. The molecule has 2 amide bonds. The van der Waals surface area contributed by atoms with Gasteiger partial charge in [0.2, 0.25) is 11.7 Å². The highest BCUT2D eigenvalue weighted by Crippen LogP contribution is 2.33. The molecule has 2 aromatic heterocycles. The number of aromatic nitrogens is 6. The quantitative estimate of drug-likeness (QED) is 0.0991. The Morgan fingerprint density at radius 1 is 1.00 bits per heavy atom. The van der Waals surface area contributed by atoms with Crippen molar-refractivity contribution in [3.8, 4) is 22.5 Å². The minimum absolute atomic E-state index is 0.0887. The number of H-pyrrole nitrogens is 1. The van der Waals surface area contributed by atoms with E-state index in [1.807, 2.05) is 55.5 Å². The van der Waals surface area contributed by atoms with Gasteiger partial charge in [0, 0.05) is 31.0 Å². The highest BCUT2D eigenvalue weighted by atomic mass is 19.4. The van der Waals surface area contributed by atoms with Gasteiger partial charge in [0.1, 0.15) is 11.5 Å². The Hall–Kier alpha value is -5.37. The van der Waals surface area contributed by atoms with Gasteiger partial charge in [0.15, 0.2) is 0 Å². The van der Waals surface area contributed by atoms with E-state index >= 15 is 0 Å². The van der Waals surface area contributed by atoms with E-state index in [2.05, 4.69) is 30.9 Å². The number of alkyl halides is 3. The number of benzene rings is 3. The van der Waals surface area contributed by atoms with Gasteiger partial charge in [0.25, 0.3) is 5.91 Å². The van der Waals surface area contributed by atoms with Gasteiger partial charge in [-0.1, -0.05) is 80.1 Å². The topological polar surface area (TPSA) is 151 Å². The second kappa shape index (κ2) is 14.8. The summed E-state index contributed by atoms with van der Waals surface area (Å²) in [5.41, 5.74) is 4.27. The number of hydroxylamine groups is 1. The van der Waals surface area contributed by atoms with Crippen LogP contribution < -0.4 is 10.8 Å². The van der Waals surface area contributed by atoms with Crippen molar-refractivity contribution in [1.29, 1.82) is 0 Å². The smallest absolute Gasteiger partial charge is 0.347 e. The average Bonchev–Trinajstić information content (AvgIpc) is 3.74. The summed E-state index contributed by atoms with van der Waals surface area (Å²) in [6.07, 6.45) is -1.59. The van der Waals surface area contributed by atoms with Gasteiger partial charge >= 0.3 is 6.18 Å². The third-order valence-electron chi connectivity index (χ3n) is 7.72. The van der Waals surface area contributed by atoms with E-state index < -0.39 is 36.0 Å². The Kier molecular flexibility index (Phi) is 10.4. The summed E-state index contributed by atoms with van der Waals surface area (Å²) >= 11 is 0. The third kappa shape index (κ3) is 8.08. The van der Waals surface area contributed by atoms with Crippen LogP contribution in [0.15, 0.2) is 79.0 Å². The van der Waals surface area contributed by atoms with Gasteiger partial charge in [-0.15, -0.1) is 10.2 Å². The molecule has 0 spiro atoms. The lowest BCUT2D eigenvalue weighted by atomic mass is 9.97. The van der Waals surface area contributed by atoms with Crippen molar-refractivity contribution in [2.75, 3.05) is 0 Å². The van der Waals surface area contributed by atoms with Crippen LogP contribution in [0.25, 0.3) is 22.5 Å². The maximum absolute atomic E-state index is 13.7. The largest absolute Gasteiger partial charge is 0.416 e. The fraction of sp³-hybridized carbons (Fsp3) is 0.273. The number of tetrazole rings is 1. The molecule has 4 N–H and O–H groups in total. The van der Waals surface area contributed by atoms with Crippen molar-refractivity contribution in [3.63, 3.8) is 0 Å². The number of unbranched alkanes of at least 4 members (excludes halogenated alkanes) is 1. The second-order valence-electron chi connectivity index (χ2n) is 11.0. The molecule has 47 heavy (non-hydrogen) atoms. The van der Waals surface area contributed by atoms with E-state index in [-0.39, 0.29) is 17.7 Å². The number of carbonyl (C=O) groups is 2. The second-order valence-corrected chi connectivity index (χ2v) is 11.0. The predicted octanol–water partition coefficient (Wildman–Crippen LogP) is 5.38. The Morgan fingerprint density at radius 2 is 1.72 bits per heavy atom. The average molecular weight is 647 g/mol. The number of halogens is 3. The summed E-state index contributed by atoms with van der Waals surface area (Å²) in [5.74, 6) is -0.310. The van der Waals surface area contributed by atoms with Crippen LogP contribution in [-0.4, -0.2) is 53.2 Å². The first-order valence-corrected chi connectivity index (χ1v) is 15.0. The van der Waals surface area contributed by atoms with Crippen LogP contribution in [0.1, 0.15) is 59.2 Å². The van der Waals surface area contributed by atoms with Crippen molar-refractivity contribution in [2.45, 2.75) is 57.8 Å². The molecular weight excluding hydrogens is 613 g/mol. The first kappa shape index (κ1) is 33.0. The van der Waals surface area contributed by atoms with Crippen LogP contribution in [-0.2, 0) is 30.4 Å². The lowest BCUT2D eigenvalue weighted by Crippen LogP contribution is -2.41. The minimum Gasteiger partial charge on any atom is -0.347 e. The number of carbonyl (C=O) groups excluding carboxylic acids is 2. The van der Waals surface area contributed by atoms with Crippen LogP contribution in [0, 0.1) is 0 Å². The lowest BCUT2D eigenvalue weighted by Gasteiger charge is -2.21. The summed E-state index contributed by atoms with van der Waals surface area (Å²) in [7, 11) is 0. The standard InChI is InChI=1S/C33H33F3N8O3/c1-2-3-12-29-37-19-28(32(46)38-24(18-30(45)41-47)17-23-8-4-7-11-27(23)33(34,35)36)44(29)20-21-13-15-22(16-14-21)25-9-5-6-10-26(25)31-39-42-43-40-31/h4-11,13-16,19,24,47H,2-3,12,17-18,20H2,1H3,(H,38,46)(H,41,45)(H,39,40,42,43)/t24-/m1/s1. The molecule has 0 aliphatic heterocycles. The molecule has 0 unspecified atom stereocenters. The normalized spacial score (nSPS) is 12.1. The summed E-state index contributed by atoms with van der Waals surface area (Å²) in [5, 5.41) is 26.2. The fourth-order valence-electron chi connectivity index (χ4n) is 5.43. The highest BCUT2D eigenvalue weighted by molar-refractivity contribution is 5.93. The Labute approximate surface area is 268 Å². The molecule has 14 heteroatoms. The van der Waals surface area contributed by atoms with Crippen molar-refractivity contribution in [3.05, 3.63) is 107 Å². The van der Waals surface area contributed by atoms with E-state index in [0.29, 0.717) is 24.6 Å². The lowest BCUT2D eigenvalue weighted by molar-refractivity contribution is -0.138. The van der Waals surface area contributed by atoms with Gasteiger partial charge < -0.3 is 9.88 Å². The number of nitrogens with one attached hydrogen (secondary N) is 3. The van der Waals surface area contributed by atoms with Crippen LogP contribution in [0.5, 0.6) is 0 Å². The summed E-state index contributed by atoms with van der Waals surface area (Å²) < 4.78 is 42.9. The molecule has 244 valence electrons. The number of rotatable bonds is 13. The predicted molar refractivity (Wildman–Crippen MR) is 166 cm³/mol. The van der Waals surface area contributed by atoms with Crippen molar-refractivity contribution < 1.29 is 28.0 Å². The van der Waals surface area contributed by atoms with Gasteiger partial charge in [-0.2, -0.15) is 18.4 Å². The van der Waals surface area contributed by atoms with Crippen molar-refractivity contribution >= 4 is 11.8 Å². The zero-order valence-electron chi connectivity index (χ0n) is 25.5. The van der Waals surface area contributed by atoms with E-state index in [1.165, 1.54) is 29.9 Å². The molecule has 3 aromatic carbocycles. The molecule has 1 atom stereocenters. The maximum atomic E-state index is 13.7. The molecule has 0 radical (unpaired) electrons. The fourth-order valence-corrected chi connectivity index (χ4v) is 5.43. The number of amides is 2. The number of imidazole rings is 1. The monoisotopic (exact) mass is 646 g/mol. The van der Waals surface area contributed by atoms with Gasteiger partial charge in [-0.05, 0) is 46.4 Å². The molecule has 5 rings (SSSR count). The number of aromatic amines is 1. The molecule has 0 bridgehead atoms. The van der Waals surface area contributed by atoms with Crippen LogP contribution in [0.2, 0.25) is 0 Å². The van der Waals surface area contributed by atoms with E-state index in [4.69, 9.17) is 5.21 Å². The summed E-state index contributed by atoms with van der Waals surface area (Å²) in [4.78, 5) is 30.3. The molecule has 2 heterocycles. The van der Waals surface area contributed by atoms with E-state index in [9.17, 15) is 22.8 Å². The Morgan fingerprint density at radius 3 is 2.40 bits per heavy atom. The summed E-state index contributed by atoms with van der Waals surface area (Å²) in [6, 6.07) is 19.4.